The summed E-state index contributed by atoms with van der Waals surface area (Å²) in [6.45, 7) is 2.41. The summed E-state index contributed by atoms with van der Waals surface area (Å²) in [5.41, 5.74) is 1.61. The first kappa shape index (κ1) is 15.4. The van der Waals surface area contributed by atoms with E-state index in [0.717, 1.165) is 0 Å². The molecule has 2 nitrogen and oxygen atoms in total. The summed E-state index contributed by atoms with van der Waals surface area (Å²) in [5, 5.41) is 2.66. The fraction of sp³-hybridized carbons (Fsp3) is 0.409. The van der Waals surface area contributed by atoms with E-state index in [0.29, 0.717) is 5.92 Å². The van der Waals surface area contributed by atoms with Crippen LogP contribution in [0.3, 0.4) is 0 Å². The van der Waals surface area contributed by atoms with E-state index in [2.05, 4.69) is 67.2 Å². The van der Waals surface area contributed by atoms with Crippen molar-refractivity contribution in [1.82, 2.24) is 9.55 Å². The highest BCUT2D eigenvalue weighted by atomic mass is 15.1. The Kier molecular flexibility index (Phi) is 3.91. The van der Waals surface area contributed by atoms with E-state index in [-0.39, 0.29) is 5.41 Å². The van der Waals surface area contributed by atoms with Crippen molar-refractivity contribution < 1.29 is 0 Å². The van der Waals surface area contributed by atoms with Crippen LogP contribution in [-0.2, 0) is 12.5 Å². The molecule has 1 unspecified atom stereocenters. The number of fused-ring (bicyclic) bond motifs is 1. The molecular weight excluding hydrogens is 292 g/mol. The first-order chi connectivity index (χ1) is 11.7. The topological polar surface area (TPSA) is 17.8 Å². The molecule has 2 aromatic carbocycles. The summed E-state index contributed by atoms with van der Waals surface area (Å²) in [7, 11) is 2.14. The molecule has 2 heteroatoms. The zero-order chi connectivity index (χ0) is 16.6. The predicted octanol–water partition coefficient (Wildman–Crippen LogP) is 5.58. The zero-order valence-electron chi connectivity index (χ0n) is 14.7. The summed E-state index contributed by atoms with van der Waals surface area (Å²) in [4.78, 5) is 4.78. The Hall–Kier alpha value is -2.09. The molecule has 0 saturated heterocycles. The van der Waals surface area contributed by atoms with Crippen LogP contribution in [-0.4, -0.2) is 9.55 Å². The SMILES string of the molecule is CC(c1ccc2ccccc2c1)C1(c2nccn2C)CCCCC1. The average Bonchev–Trinajstić information content (AvgIpc) is 3.08. The van der Waals surface area contributed by atoms with Crippen LogP contribution in [0.4, 0.5) is 0 Å². The molecule has 1 heterocycles. The average molecular weight is 318 g/mol. The second kappa shape index (κ2) is 6.08. The number of nitrogens with zero attached hydrogens (tertiary/aromatic N) is 2. The molecule has 4 rings (SSSR count). The third-order valence-electron chi connectivity index (χ3n) is 6.11. The van der Waals surface area contributed by atoms with Gasteiger partial charge in [-0.05, 0) is 35.1 Å². The quantitative estimate of drug-likeness (QED) is 0.616. The highest BCUT2D eigenvalue weighted by Crippen LogP contribution is 2.48. The smallest absolute Gasteiger partial charge is 0.115 e. The molecular formula is C22H26N2. The maximum absolute atomic E-state index is 4.78. The molecule has 1 atom stereocenters. The van der Waals surface area contributed by atoms with Crippen LogP contribution in [0, 0.1) is 0 Å². The van der Waals surface area contributed by atoms with Gasteiger partial charge in [-0.15, -0.1) is 0 Å². The van der Waals surface area contributed by atoms with Crippen molar-refractivity contribution in [3.8, 4) is 0 Å². The molecule has 0 N–H and O–H groups in total. The van der Waals surface area contributed by atoms with Gasteiger partial charge in [-0.1, -0.05) is 68.7 Å². The Morgan fingerprint density at radius 3 is 2.46 bits per heavy atom. The van der Waals surface area contributed by atoms with Gasteiger partial charge in [0, 0.05) is 24.9 Å². The van der Waals surface area contributed by atoms with Crippen molar-refractivity contribution in [1.29, 1.82) is 0 Å². The Morgan fingerprint density at radius 1 is 1.00 bits per heavy atom. The zero-order valence-corrected chi connectivity index (χ0v) is 14.7. The van der Waals surface area contributed by atoms with E-state index in [1.807, 2.05) is 6.20 Å². The van der Waals surface area contributed by atoms with Gasteiger partial charge in [0.05, 0.1) is 0 Å². The van der Waals surface area contributed by atoms with Crippen LogP contribution in [0.2, 0.25) is 0 Å². The lowest BCUT2D eigenvalue weighted by atomic mass is 9.63. The number of benzene rings is 2. The van der Waals surface area contributed by atoms with Gasteiger partial charge in [0.1, 0.15) is 5.82 Å². The molecule has 0 aliphatic heterocycles. The van der Waals surface area contributed by atoms with Crippen LogP contribution >= 0.6 is 0 Å². The Balaban J connectivity index is 1.80. The Labute approximate surface area is 144 Å². The summed E-state index contributed by atoms with van der Waals surface area (Å²) in [6, 6.07) is 15.6. The van der Waals surface area contributed by atoms with Gasteiger partial charge in [-0.3, -0.25) is 0 Å². The molecule has 0 amide bonds. The first-order valence-corrected chi connectivity index (χ1v) is 9.17. The van der Waals surface area contributed by atoms with Gasteiger partial charge >= 0.3 is 0 Å². The van der Waals surface area contributed by atoms with Crippen LogP contribution in [0.5, 0.6) is 0 Å². The maximum atomic E-state index is 4.78. The van der Waals surface area contributed by atoms with Crippen LogP contribution in [0.25, 0.3) is 10.8 Å². The summed E-state index contributed by atoms with van der Waals surface area (Å²) in [5.74, 6) is 1.74. The van der Waals surface area contributed by atoms with Crippen molar-refractivity contribution in [3.05, 3.63) is 66.2 Å². The van der Waals surface area contributed by atoms with E-state index in [4.69, 9.17) is 4.98 Å². The van der Waals surface area contributed by atoms with E-state index < -0.39 is 0 Å². The van der Waals surface area contributed by atoms with Crippen molar-refractivity contribution in [3.63, 3.8) is 0 Å². The van der Waals surface area contributed by atoms with Crippen molar-refractivity contribution in [2.45, 2.75) is 50.4 Å². The van der Waals surface area contributed by atoms with Gasteiger partial charge in [-0.2, -0.15) is 0 Å². The van der Waals surface area contributed by atoms with Crippen LogP contribution in [0.1, 0.15) is 56.3 Å². The molecule has 1 saturated carbocycles. The van der Waals surface area contributed by atoms with Crippen LogP contribution < -0.4 is 0 Å². The molecule has 0 radical (unpaired) electrons. The number of hydrogen-bond donors (Lipinski definition) is 0. The maximum Gasteiger partial charge on any atom is 0.115 e. The largest absolute Gasteiger partial charge is 0.338 e. The minimum Gasteiger partial charge on any atom is -0.338 e. The molecule has 124 valence electrons. The normalized spacial score (nSPS) is 18.6. The number of aromatic nitrogens is 2. The van der Waals surface area contributed by atoms with Gasteiger partial charge in [0.25, 0.3) is 0 Å². The van der Waals surface area contributed by atoms with Crippen molar-refractivity contribution in [2.75, 3.05) is 0 Å². The van der Waals surface area contributed by atoms with Gasteiger partial charge in [0.2, 0.25) is 0 Å². The summed E-state index contributed by atoms with van der Waals surface area (Å²) < 4.78 is 2.24. The minimum absolute atomic E-state index is 0.166. The molecule has 24 heavy (non-hydrogen) atoms. The van der Waals surface area contributed by atoms with E-state index in [1.54, 1.807) is 0 Å². The third-order valence-corrected chi connectivity index (χ3v) is 6.11. The fourth-order valence-corrected chi connectivity index (χ4v) is 4.67. The number of aryl methyl sites for hydroxylation is 1. The van der Waals surface area contributed by atoms with Gasteiger partial charge < -0.3 is 4.57 Å². The summed E-state index contributed by atoms with van der Waals surface area (Å²) in [6.07, 6.45) is 10.5. The number of hydrogen-bond acceptors (Lipinski definition) is 1. The lowest BCUT2D eigenvalue weighted by Crippen LogP contribution is -2.37. The number of imidazole rings is 1. The molecule has 1 aliphatic rings. The first-order valence-electron chi connectivity index (χ1n) is 9.17. The summed E-state index contributed by atoms with van der Waals surface area (Å²) >= 11 is 0. The highest BCUT2D eigenvalue weighted by Gasteiger charge is 2.42. The monoisotopic (exact) mass is 318 g/mol. The molecule has 1 aromatic heterocycles. The molecule has 0 bridgehead atoms. The second-order valence-electron chi connectivity index (χ2n) is 7.41. The Bertz CT molecular complexity index is 840. The lowest BCUT2D eigenvalue weighted by Gasteiger charge is -2.42. The molecule has 3 aromatic rings. The van der Waals surface area contributed by atoms with Crippen molar-refractivity contribution >= 4 is 10.8 Å². The van der Waals surface area contributed by atoms with Crippen LogP contribution in [0.15, 0.2) is 54.9 Å². The number of rotatable bonds is 3. The highest BCUT2D eigenvalue weighted by molar-refractivity contribution is 5.83. The lowest BCUT2D eigenvalue weighted by molar-refractivity contribution is 0.232. The molecule has 1 aliphatic carbocycles. The minimum atomic E-state index is 0.166. The second-order valence-corrected chi connectivity index (χ2v) is 7.41. The predicted molar refractivity (Wildman–Crippen MR) is 100 cm³/mol. The van der Waals surface area contributed by atoms with Gasteiger partial charge in [0.15, 0.2) is 0 Å². The van der Waals surface area contributed by atoms with E-state index >= 15 is 0 Å². The van der Waals surface area contributed by atoms with Gasteiger partial charge in [-0.25, -0.2) is 4.98 Å². The van der Waals surface area contributed by atoms with E-state index in [9.17, 15) is 0 Å². The third kappa shape index (κ3) is 2.45. The fourth-order valence-electron chi connectivity index (χ4n) is 4.67. The van der Waals surface area contributed by atoms with E-state index in [1.165, 1.54) is 54.3 Å². The van der Waals surface area contributed by atoms with Crippen molar-refractivity contribution in [2.24, 2.45) is 7.05 Å². The molecule has 0 spiro atoms. The molecule has 1 fully saturated rings. The Morgan fingerprint density at radius 2 is 1.75 bits per heavy atom. The standard InChI is InChI=1S/C22H26N2/c1-17(19-11-10-18-8-4-5-9-20(18)16-19)22(12-6-3-7-13-22)21-23-14-15-24(21)2/h4-5,8-11,14-17H,3,6-7,12-13H2,1-2H3.